The molecule has 3 aromatic rings. The first kappa shape index (κ1) is 27.1. The van der Waals surface area contributed by atoms with Crippen LogP contribution in [-0.4, -0.2) is 62.8 Å². The monoisotopic (exact) mass is 553 g/mol. The van der Waals surface area contributed by atoms with Crippen molar-refractivity contribution in [2.75, 3.05) is 30.3 Å². The molecule has 4 heterocycles. The van der Waals surface area contributed by atoms with Gasteiger partial charge in [-0.05, 0) is 71.6 Å². The SMILES string of the molecule is Cc1cn2nc([C@@H]3CCCCN3C(=O)c3cc(Cl)ccc3N)cc2nc1N1CC[C@H](NC(=O)OC(C)(C)C)C1. The number of benzene rings is 1. The fourth-order valence-electron chi connectivity index (χ4n) is 5.40. The molecule has 0 bridgehead atoms. The highest BCUT2D eigenvalue weighted by Crippen LogP contribution is 2.34. The number of nitrogen functional groups attached to an aromatic ring is 1. The molecule has 1 aromatic carbocycles. The van der Waals surface area contributed by atoms with Crippen LogP contribution >= 0.6 is 11.6 Å². The van der Waals surface area contributed by atoms with E-state index in [9.17, 15) is 9.59 Å². The molecule has 2 fully saturated rings. The van der Waals surface area contributed by atoms with E-state index in [4.69, 9.17) is 32.2 Å². The van der Waals surface area contributed by atoms with Crippen molar-refractivity contribution in [1.82, 2.24) is 24.8 Å². The van der Waals surface area contributed by atoms with E-state index in [0.29, 0.717) is 29.4 Å². The first-order valence-electron chi connectivity index (χ1n) is 13.5. The topological polar surface area (TPSA) is 118 Å². The number of likely N-dealkylation sites (tertiary alicyclic amines) is 1. The summed E-state index contributed by atoms with van der Waals surface area (Å²) in [4.78, 5) is 34.7. The molecule has 2 amide bonds. The van der Waals surface area contributed by atoms with E-state index in [-0.39, 0.29) is 18.0 Å². The Morgan fingerprint density at radius 2 is 1.95 bits per heavy atom. The maximum absolute atomic E-state index is 13.5. The van der Waals surface area contributed by atoms with Crippen molar-refractivity contribution in [3.05, 3.63) is 52.3 Å². The number of fused-ring (bicyclic) bond motifs is 1. The molecule has 39 heavy (non-hydrogen) atoms. The van der Waals surface area contributed by atoms with Gasteiger partial charge in [-0.25, -0.2) is 14.3 Å². The number of aryl methyl sites for hydroxylation is 1. The number of hydrogen-bond acceptors (Lipinski definition) is 7. The third-order valence-electron chi connectivity index (χ3n) is 7.18. The van der Waals surface area contributed by atoms with Crippen molar-refractivity contribution < 1.29 is 14.3 Å². The number of carbonyl (C=O) groups is 2. The molecule has 2 saturated heterocycles. The number of nitrogens with one attached hydrogen (secondary N) is 1. The summed E-state index contributed by atoms with van der Waals surface area (Å²) in [6, 6.07) is 6.76. The van der Waals surface area contributed by atoms with Crippen molar-refractivity contribution in [2.24, 2.45) is 0 Å². The van der Waals surface area contributed by atoms with Gasteiger partial charge in [-0.2, -0.15) is 5.10 Å². The lowest BCUT2D eigenvalue weighted by Gasteiger charge is -2.35. The van der Waals surface area contributed by atoms with E-state index in [1.165, 1.54) is 0 Å². The summed E-state index contributed by atoms with van der Waals surface area (Å²) in [5.74, 6) is 0.730. The van der Waals surface area contributed by atoms with Crippen LogP contribution in [0.3, 0.4) is 0 Å². The smallest absolute Gasteiger partial charge is 0.407 e. The number of aromatic nitrogens is 3. The molecule has 10 nitrogen and oxygen atoms in total. The summed E-state index contributed by atoms with van der Waals surface area (Å²) >= 11 is 6.17. The first-order chi connectivity index (χ1) is 18.5. The third kappa shape index (κ3) is 5.90. The molecule has 2 aliphatic heterocycles. The Hall–Kier alpha value is -3.53. The van der Waals surface area contributed by atoms with E-state index in [0.717, 1.165) is 55.0 Å². The zero-order valence-electron chi connectivity index (χ0n) is 22.9. The highest BCUT2D eigenvalue weighted by atomic mass is 35.5. The lowest BCUT2D eigenvalue weighted by Crippen LogP contribution is -2.40. The highest BCUT2D eigenvalue weighted by Gasteiger charge is 2.32. The number of alkyl carbamates (subject to hydrolysis) is 1. The van der Waals surface area contributed by atoms with Crippen LogP contribution in [0.1, 0.15) is 74.1 Å². The zero-order chi connectivity index (χ0) is 27.9. The minimum atomic E-state index is -0.537. The van der Waals surface area contributed by atoms with Gasteiger partial charge in [-0.1, -0.05) is 11.6 Å². The fourth-order valence-corrected chi connectivity index (χ4v) is 5.57. The number of anilines is 2. The first-order valence-corrected chi connectivity index (χ1v) is 13.8. The molecule has 3 N–H and O–H groups in total. The highest BCUT2D eigenvalue weighted by molar-refractivity contribution is 6.31. The number of nitrogens with zero attached hydrogens (tertiary/aromatic N) is 5. The van der Waals surface area contributed by atoms with E-state index in [1.807, 2.05) is 44.9 Å². The van der Waals surface area contributed by atoms with Crippen LogP contribution in [0, 0.1) is 6.92 Å². The van der Waals surface area contributed by atoms with Gasteiger partial charge in [0.2, 0.25) is 0 Å². The molecule has 11 heteroatoms. The van der Waals surface area contributed by atoms with Crippen molar-refractivity contribution >= 4 is 40.8 Å². The van der Waals surface area contributed by atoms with E-state index < -0.39 is 11.7 Å². The van der Waals surface area contributed by atoms with Crippen LogP contribution in [-0.2, 0) is 4.74 Å². The van der Waals surface area contributed by atoms with Gasteiger partial charge in [-0.15, -0.1) is 0 Å². The minimum Gasteiger partial charge on any atom is -0.444 e. The van der Waals surface area contributed by atoms with Crippen LogP contribution < -0.4 is 16.0 Å². The number of hydrogen-bond donors (Lipinski definition) is 2. The average Bonchev–Trinajstić information content (AvgIpc) is 3.50. The lowest BCUT2D eigenvalue weighted by molar-refractivity contribution is 0.0508. The second-order valence-electron chi connectivity index (χ2n) is 11.4. The average molecular weight is 554 g/mol. The van der Waals surface area contributed by atoms with Gasteiger partial charge in [0.15, 0.2) is 5.65 Å². The van der Waals surface area contributed by atoms with E-state index in [1.54, 1.807) is 22.7 Å². The molecule has 5 rings (SSSR count). The molecule has 2 aliphatic rings. The molecule has 0 unspecified atom stereocenters. The maximum atomic E-state index is 13.5. The number of piperidine rings is 1. The Morgan fingerprint density at radius 1 is 1.15 bits per heavy atom. The normalized spacial score (nSPS) is 19.9. The van der Waals surface area contributed by atoms with Crippen molar-refractivity contribution in [1.29, 1.82) is 0 Å². The molecular weight excluding hydrogens is 518 g/mol. The van der Waals surface area contributed by atoms with E-state index >= 15 is 0 Å². The number of nitrogens with two attached hydrogens (primary N) is 1. The van der Waals surface area contributed by atoms with Crippen LogP contribution in [0.4, 0.5) is 16.3 Å². The molecule has 2 aromatic heterocycles. The number of ether oxygens (including phenoxy) is 1. The van der Waals surface area contributed by atoms with Gasteiger partial charge in [0.05, 0.1) is 23.3 Å². The summed E-state index contributed by atoms with van der Waals surface area (Å²) < 4.78 is 7.19. The zero-order valence-corrected chi connectivity index (χ0v) is 23.7. The third-order valence-corrected chi connectivity index (χ3v) is 7.42. The molecular formula is C28H36ClN7O3. The van der Waals surface area contributed by atoms with Gasteiger partial charge in [0.25, 0.3) is 5.91 Å². The Labute approximate surface area is 233 Å². The fraction of sp³-hybridized carbons (Fsp3) is 0.500. The summed E-state index contributed by atoms with van der Waals surface area (Å²) in [5.41, 5.74) is 8.92. The minimum absolute atomic E-state index is 0.0153. The number of amides is 2. The number of halogens is 1. The summed E-state index contributed by atoms with van der Waals surface area (Å²) in [6.45, 7) is 9.62. The predicted octanol–water partition coefficient (Wildman–Crippen LogP) is 4.74. The van der Waals surface area contributed by atoms with Crippen LogP contribution in [0.15, 0.2) is 30.5 Å². The predicted molar refractivity (Wildman–Crippen MR) is 151 cm³/mol. The molecule has 0 saturated carbocycles. The molecule has 0 radical (unpaired) electrons. The Balaban J connectivity index is 1.35. The molecule has 0 aliphatic carbocycles. The Morgan fingerprint density at radius 3 is 2.72 bits per heavy atom. The molecule has 0 spiro atoms. The quantitative estimate of drug-likeness (QED) is 0.448. The van der Waals surface area contributed by atoms with E-state index in [2.05, 4.69) is 10.2 Å². The molecule has 208 valence electrons. The van der Waals surface area contributed by atoms with Crippen LogP contribution in [0.5, 0.6) is 0 Å². The van der Waals surface area contributed by atoms with Gasteiger partial charge >= 0.3 is 6.09 Å². The van der Waals surface area contributed by atoms with Crippen molar-refractivity contribution in [3.63, 3.8) is 0 Å². The van der Waals surface area contributed by atoms with Gasteiger partial charge in [0.1, 0.15) is 11.4 Å². The summed E-state index contributed by atoms with van der Waals surface area (Å²) in [6.07, 6.45) is 5.12. The van der Waals surface area contributed by atoms with Crippen molar-refractivity contribution in [3.8, 4) is 0 Å². The van der Waals surface area contributed by atoms with Crippen LogP contribution in [0.25, 0.3) is 5.65 Å². The number of carbonyl (C=O) groups excluding carboxylic acids is 2. The Kier molecular flexibility index (Phi) is 7.33. The lowest BCUT2D eigenvalue weighted by atomic mass is 9.98. The summed E-state index contributed by atoms with van der Waals surface area (Å²) in [7, 11) is 0. The largest absolute Gasteiger partial charge is 0.444 e. The van der Waals surface area contributed by atoms with Gasteiger partial charge in [-0.3, -0.25) is 4.79 Å². The Bertz CT molecular complexity index is 1400. The number of rotatable bonds is 4. The second kappa shape index (κ2) is 10.6. The second-order valence-corrected chi connectivity index (χ2v) is 11.9. The molecule has 2 atom stereocenters. The van der Waals surface area contributed by atoms with Gasteiger partial charge in [0, 0.05) is 48.2 Å². The van der Waals surface area contributed by atoms with Crippen LogP contribution in [0.2, 0.25) is 5.02 Å². The maximum Gasteiger partial charge on any atom is 0.407 e. The summed E-state index contributed by atoms with van der Waals surface area (Å²) in [5, 5.41) is 8.28. The van der Waals surface area contributed by atoms with Crippen molar-refractivity contribution in [2.45, 2.75) is 71.1 Å². The standard InChI is InChI=1S/C28H36ClN7O3/c1-17-15-36-24(32-25(17)34-12-10-19(16-34)31-27(38)39-28(2,3)4)14-22(33-36)23-7-5-6-11-35(23)26(37)20-13-18(29)8-9-21(20)30/h8-9,13-15,19,23H,5-7,10-12,16,30H2,1-4H3,(H,31,38)/t19-,23-/m0/s1. The van der Waals surface area contributed by atoms with Gasteiger partial charge < -0.3 is 25.6 Å².